The Morgan fingerprint density at radius 2 is 1.67 bits per heavy atom. The van der Waals surface area contributed by atoms with Gasteiger partial charge in [-0.25, -0.2) is 0 Å². The number of carboxylic acid groups (broad SMARTS) is 1. The van der Waals surface area contributed by atoms with Gasteiger partial charge >= 0.3 is 5.97 Å². The van der Waals surface area contributed by atoms with E-state index < -0.39 is 12.0 Å². The third kappa shape index (κ3) is 4.43. The van der Waals surface area contributed by atoms with Gasteiger partial charge in [-0.15, -0.1) is 0 Å². The minimum atomic E-state index is -1.09. The first kappa shape index (κ1) is 16.3. The summed E-state index contributed by atoms with van der Waals surface area (Å²) in [7, 11) is 0. The number of carbonyl (C=O) groups excluding carboxylic acids is 1. The summed E-state index contributed by atoms with van der Waals surface area (Å²) in [6.07, 6.45) is 10.6. The van der Waals surface area contributed by atoms with Crippen molar-refractivity contribution < 1.29 is 14.7 Å². The molecule has 0 spiro atoms. The van der Waals surface area contributed by atoms with Crippen LogP contribution in [0.1, 0.15) is 64.2 Å². The topological polar surface area (TPSA) is 83.6 Å². The molecule has 120 valence electrons. The Morgan fingerprint density at radius 1 is 1.05 bits per heavy atom. The van der Waals surface area contributed by atoms with Crippen molar-refractivity contribution in [3.63, 3.8) is 0 Å². The molecule has 2 aliphatic rings. The van der Waals surface area contributed by atoms with E-state index in [1.165, 1.54) is 38.5 Å². The monoisotopic (exact) mass is 296 g/mol. The second-order valence-electron chi connectivity index (χ2n) is 6.55. The molecule has 21 heavy (non-hydrogen) atoms. The normalized spacial score (nSPS) is 26.1. The number of aliphatic carboxylic acids is 1. The number of rotatable bonds is 4. The summed E-state index contributed by atoms with van der Waals surface area (Å²) in [5, 5.41) is 8.90. The molecule has 2 fully saturated rings. The highest BCUT2D eigenvalue weighted by Crippen LogP contribution is 2.33. The quantitative estimate of drug-likeness (QED) is 0.832. The van der Waals surface area contributed by atoms with Gasteiger partial charge in [0.1, 0.15) is 6.04 Å². The predicted molar refractivity (Wildman–Crippen MR) is 80.8 cm³/mol. The van der Waals surface area contributed by atoms with Gasteiger partial charge in [0.2, 0.25) is 5.91 Å². The van der Waals surface area contributed by atoms with Crippen molar-refractivity contribution >= 4 is 11.9 Å². The lowest BCUT2D eigenvalue weighted by Gasteiger charge is -2.38. The highest BCUT2D eigenvalue weighted by Gasteiger charge is 2.33. The lowest BCUT2D eigenvalue weighted by Crippen LogP contribution is -2.47. The fourth-order valence-corrected chi connectivity index (χ4v) is 3.85. The fourth-order valence-electron chi connectivity index (χ4n) is 3.85. The van der Waals surface area contributed by atoms with E-state index >= 15 is 0 Å². The summed E-state index contributed by atoms with van der Waals surface area (Å²) in [6.45, 7) is 0.770. The molecule has 0 radical (unpaired) electrons. The number of nitrogens with zero attached hydrogens (tertiary/aromatic N) is 1. The van der Waals surface area contributed by atoms with Crippen LogP contribution in [-0.2, 0) is 9.59 Å². The van der Waals surface area contributed by atoms with Crippen molar-refractivity contribution in [3.8, 4) is 0 Å². The smallest absolute Gasteiger partial charge is 0.321 e. The molecule has 1 aliphatic carbocycles. The maximum absolute atomic E-state index is 12.5. The Kier molecular flexibility index (Phi) is 6.03. The highest BCUT2D eigenvalue weighted by atomic mass is 16.4. The molecule has 1 saturated heterocycles. The van der Waals surface area contributed by atoms with Crippen LogP contribution in [0.4, 0.5) is 0 Å². The molecular formula is C16H28N2O3. The Morgan fingerprint density at radius 3 is 2.33 bits per heavy atom. The van der Waals surface area contributed by atoms with E-state index in [4.69, 9.17) is 10.8 Å². The first-order valence-electron chi connectivity index (χ1n) is 8.37. The van der Waals surface area contributed by atoms with Crippen molar-refractivity contribution in [1.82, 2.24) is 4.90 Å². The number of carboxylic acids is 1. The van der Waals surface area contributed by atoms with Crippen LogP contribution >= 0.6 is 0 Å². The Labute approximate surface area is 126 Å². The second kappa shape index (κ2) is 7.78. The van der Waals surface area contributed by atoms with Crippen LogP contribution in [0, 0.1) is 5.92 Å². The first-order chi connectivity index (χ1) is 10.1. The number of nitrogens with two attached hydrogens (primary N) is 1. The summed E-state index contributed by atoms with van der Waals surface area (Å²) in [4.78, 5) is 25.3. The molecule has 0 aromatic carbocycles. The molecule has 1 heterocycles. The molecule has 3 N–H and O–H groups in total. The summed E-state index contributed by atoms with van der Waals surface area (Å²) >= 11 is 0. The zero-order valence-corrected chi connectivity index (χ0v) is 12.8. The van der Waals surface area contributed by atoms with E-state index in [0.29, 0.717) is 12.0 Å². The molecule has 2 atom stereocenters. The molecule has 1 aliphatic heterocycles. The third-order valence-electron chi connectivity index (χ3n) is 5.03. The SMILES string of the molecule is N[C@@H](CC(=O)N1CCCCCC1C1CCCCC1)C(=O)O. The van der Waals surface area contributed by atoms with Crippen LogP contribution in [0.5, 0.6) is 0 Å². The van der Waals surface area contributed by atoms with Crippen LogP contribution in [0.25, 0.3) is 0 Å². The van der Waals surface area contributed by atoms with Gasteiger partial charge in [0.15, 0.2) is 0 Å². The van der Waals surface area contributed by atoms with Crippen LogP contribution < -0.4 is 5.73 Å². The minimum absolute atomic E-state index is 0.0672. The molecule has 5 nitrogen and oxygen atoms in total. The standard InChI is InChI=1S/C16H28N2O3/c17-13(16(20)21)11-15(19)18-10-6-2-5-9-14(18)12-7-3-1-4-8-12/h12-14H,1-11,17H2,(H,20,21)/t13-,14?/m0/s1. The van der Waals surface area contributed by atoms with Gasteiger partial charge < -0.3 is 15.7 Å². The van der Waals surface area contributed by atoms with E-state index in [0.717, 1.165) is 25.8 Å². The van der Waals surface area contributed by atoms with Gasteiger partial charge in [-0.1, -0.05) is 32.1 Å². The van der Waals surface area contributed by atoms with Crippen LogP contribution in [0.3, 0.4) is 0 Å². The number of likely N-dealkylation sites (tertiary alicyclic amines) is 1. The zero-order valence-electron chi connectivity index (χ0n) is 12.8. The van der Waals surface area contributed by atoms with Crippen LogP contribution in [0.2, 0.25) is 0 Å². The lowest BCUT2D eigenvalue weighted by atomic mass is 9.81. The van der Waals surface area contributed by atoms with Crippen molar-refractivity contribution in [2.24, 2.45) is 11.7 Å². The largest absolute Gasteiger partial charge is 0.480 e. The maximum atomic E-state index is 12.5. The summed E-state index contributed by atoms with van der Waals surface area (Å²) < 4.78 is 0. The van der Waals surface area contributed by atoms with Gasteiger partial charge in [0.05, 0.1) is 6.42 Å². The van der Waals surface area contributed by atoms with Gasteiger partial charge in [0.25, 0.3) is 0 Å². The van der Waals surface area contributed by atoms with E-state index in [-0.39, 0.29) is 12.3 Å². The zero-order chi connectivity index (χ0) is 15.2. The van der Waals surface area contributed by atoms with Crippen molar-refractivity contribution in [3.05, 3.63) is 0 Å². The Hall–Kier alpha value is -1.10. The Balaban J connectivity index is 2.03. The average molecular weight is 296 g/mol. The number of hydrogen-bond acceptors (Lipinski definition) is 3. The maximum Gasteiger partial charge on any atom is 0.321 e. The number of carbonyl (C=O) groups is 2. The van der Waals surface area contributed by atoms with Gasteiger partial charge in [-0.2, -0.15) is 0 Å². The van der Waals surface area contributed by atoms with E-state index in [9.17, 15) is 9.59 Å². The van der Waals surface area contributed by atoms with Gasteiger partial charge in [-0.3, -0.25) is 9.59 Å². The second-order valence-corrected chi connectivity index (χ2v) is 6.55. The molecule has 1 unspecified atom stereocenters. The van der Waals surface area contributed by atoms with Gasteiger partial charge in [-0.05, 0) is 31.6 Å². The molecule has 2 rings (SSSR count). The van der Waals surface area contributed by atoms with E-state index in [1.807, 2.05) is 4.90 Å². The average Bonchev–Trinajstić information content (AvgIpc) is 2.73. The van der Waals surface area contributed by atoms with E-state index in [2.05, 4.69) is 0 Å². The van der Waals surface area contributed by atoms with Gasteiger partial charge in [0, 0.05) is 12.6 Å². The minimum Gasteiger partial charge on any atom is -0.480 e. The molecule has 1 amide bonds. The van der Waals surface area contributed by atoms with Crippen molar-refractivity contribution in [2.45, 2.75) is 76.3 Å². The van der Waals surface area contributed by atoms with Crippen LogP contribution in [-0.4, -0.2) is 40.5 Å². The first-order valence-corrected chi connectivity index (χ1v) is 8.37. The summed E-state index contributed by atoms with van der Waals surface area (Å²) in [6, 6.07) is -0.769. The third-order valence-corrected chi connectivity index (χ3v) is 5.03. The Bertz CT molecular complexity index is 367. The van der Waals surface area contributed by atoms with Crippen LogP contribution in [0.15, 0.2) is 0 Å². The molecule has 1 saturated carbocycles. The highest BCUT2D eigenvalue weighted by molar-refractivity contribution is 5.84. The van der Waals surface area contributed by atoms with Crippen molar-refractivity contribution in [1.29, 1.82) is 0 Å². The molecule has 0 aromatic heterocycles. The molecule has 0 bridgehead atoms. The fraction of sp³-hybridized carbons (Fsp3) is 0.875. The number of amides is 1. The predicted octanol–water partition coefficient (Wildman–Crippen LogP) is 2.14. The molecule has 0 aromatic rings. The summed E-state index contributed by atoms with van der Waals surface area (Å²) in [5.74, 6) is -0.559. The molecule has 5 heteroatoms. The summed E-state index contributed by atoms with van der Waals surface area (Å²) in [5.41, 5.74) is 5.54. The van der Waals surface area contributed by atoms with E-state index in [1.54, 1.807) is 0 Å². The molecular weight excluding hydrogens is 268 g/mol. The number of hydrogen-bond donors (Lipinski definition) is 2. The lowest BCUT2D eigenvalue weighted by molar-refractivity contribution is -0.143. The van der Waals surface area contributed by atoms with Crippen molar-refractivity contribution in [2.75, 3.05) is 6.54 Å².